The largest absolute Gasteiger partial charge is 0.311 e. The average molecular weight is 382 g/mol. The number of primary sulfonamides is 1. The summed E-state index contributed by atoms with van der Waals surface area (Å²) in [5.74, 6) is -0.601. The first-order chi connectivity index (χ1) is 9.17. The Morgan fingerprint density at radius 3 is 2.75 bits per heavy atom. The lowest BCUT2D eigenvalue weighted by Gasteiger charge is -2.19. The molecule has 0 spiro atoms. The van der Waals surface area contributed by atoms with Gasteiger partial charge in [0.1, 0.15) is 0 Å². The van der Waals surface area contributed by atoms with Gasteiger partial charge in [0.25, 0.3) is 0 Å². The Morgan fingerprint density at radius 1 is 1.50 bits per heavy atom. The molecular formula is C12H14BrClN2O3S. The first-order valence-electron chi connectivity index (χ1n) is 5.94. The van der Waals surface area contributed by atoms with Gasteiger partial charge in [0, 0.05) is 28.4 Å². The van der Waals surface area contributed by atoms with Crippen molar-refractivity contribution in [2.24, 2.45) is 11.1 Å². The maximum Gasteiger partial charge on any atom is 0.227 e. The summed E-state index contributed by atoms with van der Waals surface area (Å²) in [5.41, 5.74) is 1.55. The van der Waals surface area contributed by atoms with Crippen LogP contribution in [-0.2, 0) is 14.8 Å². The van der Waals surface area contributed by atoms with Crippen LogP contribution in [0.5, 0.6) is 0 Å². The van der Waals surface area contributed by atoms with Crippen molar-refractivity contribution in [1.29, 1.82) is 0 Å². The minimum Gasteiger partial charge on any atom is -0.311 e. The van der Waals surface area contributed by atoms with Gasteiger partial charge in [-0.2, -0.15) is 0 Å². The summed E-state index contributed by atoms with van der Waals surface area (Å²) in [4.78, 5) is 13.6. The molecule has 5 nitrogen and oxygen atoms in total. The highest BCUT2D eigenvalue weighted by Crippen LogP contribution is 2.35. The van der Waals surface area contributed by atoms with Gasteiger partial charge < -0.3 is 4.90 Å². The highest BCUT2D eigenvalue weighted by Gasteiger charge is 2.33. The molecule has 1 unspecified atom stereocenters. The van der Waals surface area contributed by atoms with Crippen molar-refractivity contribution in [3.8, 4) is 0 Å². The van der Waals surface area contributed by atoms with Crippen LogP contribution in [0.4, 0.5) is 5.69 Å². The molecule has 1 saturated heterocycles. The summed E-state index contributed by atoms with van der Waals surface area (Å²) in [7, 11) is -3.58. The molecule has 110 valence electrons. The summed E-state index contributed by atoms with van der Waals surface area (Å²) in [6.07, 6.45) is 0.175. The molecule has 0 radical (unpaired) electrons. The molecule has 1 aromatic rings. The monoisotopic (exact) mass is 380 g/mol. The second-order valence-electron chi connectivity index (χ2n) is 4.96. The molecule has 1 amide bonds. The number of anilines is 1. The van der Waals surface area contributed by atoms with Gasteiger partial charge in [0.15, 0.2) is 0 Å². The van der Waals surface area contributed by atoms with E-state index in [-0.39, 0.29) is 24.0 Å². The number of amides is 1. The third-order valence-corrected chi connectivity index (χ3v) is 5.17. The van der Waals surface area contributed by atoms with Crippen LogP contribution in [0, 0.1) is 12.8 Å². The highest BCUT2D eigenvalue weighted by atomic mass is 79.9. The number of nitrogens with two attached hydrogens (primary N) is 1. The van der Waals surface area contributed by atoms with Crippen LogP contribution in [0.2, 0.25) is 5.02 Å². The smallest absolute Gasteiger partial charge is 0.227 e. The van der Waals surface area contributed by atoms with Crippen LogP contribution in [0.3, 0.4) is 0 Å². The molecular weight excluding hydrogens is 368 g/mol. The topological polar surface area (TPSA) is 80.5 Å². The number of carbonyl (C=O) groups excluding carboxylic acids is 1. The van der Waals surface area contributed by atoms with Crippen molar-refractivity contribution in [1.82, 2.24) is 0 Å². The first kappa shape index (κ1) is 15.8. The Hall–Kier alpha value is -0.630. The van der Waals surface area contributed by atoms with Gasteiger partial charge in [-0.05, 0) is 40.5 Å². The molecule has 20 heavy (non-hydrogen) atoms. The summed E-state index contributed by atoms with van der Waals surface area (Å²) in [6, 6.07) is 3.54. The molecule has 1 atom stereocenters. The van der Waals surface area contributed by atoms with Gasteiger partial charge in [0.05, 0.1) is 11.4 Å². The Kier molecular flexibility index (Phi) is 4.44. The van der Waals surface area contributed by atoms with E-state index < -0.39 is 10.0 Å². The lowest BCUT2D eigenvalue weighted by atomic mass is 10.1. The van der Waals surface area contributed by atoms with E-state index >= 15 is 0 Å². The van der Waals surface area contributed by atoms with E-state index in [1.54, 1.807) is 11.0 Å². The van der Waals surface area contributed by atoms with E-state index in [1.807, 2.05) is 13.0 Å². The molecule has 0 aliphatic carbocycles. The Balaban J connectivity index is 2.26. The Morgan fingerprint density at radius 2 is 2.15 bits per heavy atom. The molecule has 0 saturated carbocycles. The molecule has 1 aromatic carbocycles. The third-order valence-electron chi connectivity index (χ3n) is 3.19. The van der Waals surface area contributed by atoms with Crippen LogP contribution in [0.25, 0.3) is 0 Å². The van der Waals surface area contributed by atoms with Crippen LogP contribution in [0.1, 0.15) is 12.0 Å². The van der Waals surface area contributed by atoms with E-state index in [4.69, 9.17) is 16.7 Å². The molecule has 1 fully saturated rings. The van der Waals surface area contributed by atoms with Crippen LogP contribution < -0.4 is 10.0 Å². The maximum absolute atomic E-state index is 12.0. The van der Waals surface area contributed by atoms with E-state index in [2.05, 4.69) is 15.9 Å². The summed E-state index contributed by atoms with van der Waals surface area (Å²) >= 11 is 9.48. The number of aryl methyl sites for hydroxylation is 1. The summed E-state index contributed by atoms with van der Waals surface area (Å²) < 4.78 is 23.0. The van der Waals surface area contributed by atoms with Crippen molar-refractivity contribution in [2.75, 3.05) is 17.2 Å². The summed E-state index contributed by atoms with van der Waals surface area (Å²) in [6.45, 7) is 2.19. The fraction of sp³-hybridized carbons (Fsp3) is 0.417. The predicted octanol–water partition coefficient (Wildman–Crippen LogP) is 2.05. The number of hydrogen-bond donors (Lipinski definition) is 1. The lowest BCUT2D eigenvalue weighted by molar-refractivity contribution is -0.117. The number of sulfonamides is 1. The van der Waals surface area contributed by atoms with Crippen molar-refractivity contribution in [3.05, 3.63) is 27.2 Å². The maximum atomic E-state index is 12.0. The van der Waals surface area contributed by atoms with Crippen molar-refractivity contribution >= 4 is 49.1 Å². The van der Waals surface area contributed by atoms with E-state index in [0.29, 0.717) is 17.3 Å². The Labute approximate surface area is 131 Å². The second-order valence-corrected chi connectivity index (χ2v) is 7.88. The predicted molar refractivity (Wildman–Crippen MR) is 82.3 cm³/mol. The fourth-order valence-electron chi connectivity index (χ4n) is 2.30. The molecule has 1 aliphatic rings. The number of carbonyl (C=O) groups is 1. The normalized spacial score (nSPS) is 19.7. The van der Waals surface area contributed by atoms with Gasteiger partial charge in [-0.1, -0.05) is 11.6 Å². The zero-order chi connectivity index (χ0) is 15.1. The van der Waals surface area contributed by atoms with E-state index in [0.717, 1.165) is 10.0 Å². The zero-order valence-electron chi connectivity index (χ0n) is 10.8. The SMILES string of the molecule is Cc1cc(Br)c(N2CC(CS(N)(=O)=O)CC2=O)cc1Cl. The quantitative estimate of drug-likeness (QED) is 0.870. The number of rotatable bonds is 3. The minimum absolute atomic E-state index is 0.126. The van der Waals surface area contributed by atoms with Crippen molar-refractivity contribution in [3.63, 3.8) is 0 Å². The molecule has 1 heterocycles. The molecule has 8 heteroatoms. The van der Waals surface area contributed by atoms with Gasteiger partial charge in [-0.25, -0.2) is 13.6 Å². The molecule has 2 N–H and O–H groups in total. The van der Waals surface area contributed by atoms with Gasteiger partial charge in [-0.3, -0.25) is 4.79 Å². The molecule has 0 aromatic heterocycles. The van der Waals surface area contributed by atoms with Crippen molar-refractivity contribution < 1.29 is 13.2 Å². The van der Waals surface area contributed by atoms with Crippen LogP contribution in [-0.4, -0.2) is 26.6 Å². The van der Waals surface area contributed by atoms with Gasteiger partial charge in [0.2, 0.25) is 15.9 Å². The zero-order valence-corrected chi connectivity index (χ0v) is 13.9. The number of hydrogen-bond acceptors (Lipinski definition) is 3. The lowest BCUT2D eigenvalue weighted by Crippen LogP contribution is -2.27. The van der Waals surface area contributed by atoms with Crippen LogP contribution >= 0.6 is 27.5 Å². The van der Waals surface area contributed by atoms with Crippen LogP contribution in [0.15, 0.2) is 16.6 Å². The Bertz CT molecular complexity index is 663. The minimum atomic E-state index is -3.58. The molecule has 2 rings (SSSR count). The molecule has 0 bridgehead atoms. The fourth-order valence-corrected chi connectivity index (χ4v) is 4.01. The second kappa shape index (κ2) is 5.63. The van der Waals surface area contributed by atoms with E-state index in [1.165, 1.54) is 0 Å². The van der Waals surface area contributed by atoms with E-state index in [9.17, 15) is 13.2 Å². The third kappa shape index (κ3) is 3.52. The highest BCUT2D eigenvalue weighted by molar-refractivity contribution is 9.10. The molecule has 1 aliphatic heterocycles. The first-order valence-corrected chi connectivity index (χ1v) is 8.82. The number of nitrogens with zero attached hydrogens (tertiary/aromatic N) is 1. The average Bonchev–Trinajstić information content (AvgIpc) is 2.62. The standard InChI is InChI=1S/C12H14BrClN2O3S/c1-7-2-9(13)11(4-10(7)14)16-5-8(3-12(16)17)6-20(15,18)19/h2,4,8H,3,5-6H2,1H3,(H2,15,18,19). The van der Waals surface area contributed by atoms with Gasteiger partial charge in [-0.15, -0.1) is 0 Å². The number of benzene rings is 1. The van der Waals surface area contributed by atoms with Gasteiger partial charge >= 0.3 is 0 Å². The van der Waals surface area contributed by atoms with Crippen molar-refractivity contribution in [2.45, 2.75) is 13.3 Å². The number of halogens is 2. The summed E-state index contributed by atoms with van der Waals surface area (Å²) in [5, 5.41) is 5.59.